The third-order valence-corrected chi connectivity index (χ3v) is 4.47. The SMILES string of the molecule is CCCCCCCN1CCN(C(CC)CCN)CC1. The van der Waals surface area contributed by atoms with E-state index in [9.17, 15) is 0 Å². The number of hydrogen-bond donors (Lipinski definition) is 1. The molecule has 0 saturated carbocycles. The highest BCUT2D eigenvalue weighted by Gasteiger charge is 2.21. The number of unbranched alkanes of at least 4 members (excludes halogenated alkanes) is 4. The molecule has 0 spiro atoms. The van der Waals surface area contributed by atoms with E-state index < -0.39 is 0 Å². The first-order valence-corrected chi connectivity index (χ1v) is 8.48. The predicted molar refractivity (Wildman–Crippen MR) is 84.5 cm³/mol. The first kappa shape index (κ1) is 16.9. The molecular weight excluding hydrogens is 234 g/mol. The van der Waals surface area contributed by atoms with Gasteiger partial charge in [0, 0.05) is 32.2 Å². The number of hydrogen-bond acceptors (Lipinski definition) is 3. The number of rotatable bonds is 10. The van der Waals surface area contributed by atoms with Crippen molar-refractivity contribution in [1.29, 1.82) is 0 Å². The van der Waals surface area contributed by atoms with Crippen molar-refractivity contribution in [3.63, 3.8) is 0 Å². The van der Waals surface area contributed by atoms with Crippen LogP contribution in [0, 0.1) is 0 Å². The van der Waals surface area contributed by atoms with Gasteiger partial charge in [-0.2, -0.15) is 0 Å². The Hall–Kier alpha value is -0.120. The van der Waals surface area contributed by atoms with Crippen molar-refractivity contribution in [2.75, 3.05) is 39.3 Å². The first-order chi connectivity index (χ1) is 9.31. The van der Waals surface area contributed by atoms with Crippen LogP contribution in [0.1, 0.15) is 58.8 Å². The molecule has 1 aliphatic rings. The molecule has 1 heterocycles. The number of nitrogens with two attached hydrogens (primary N) is 1. The molecule has 1 fully saturated rings. The molecule has 3 heteroatoms. The maximum Gasteiger partial charge on any atom is 0.0113 e. The maximum atomic E-state index is 5.71. The summed E-state index contributed by atoms with van der Waals surface area (Å²) in [6.45, 7) is 11.7. The Balaban J connectivity index is 2.10. The van der Waals surface area contributed by atoms with Crippen LogP contribution in [0.4, 0.5) is 0 Å². The van der Waals surface area contributed by atoms with Gasteiger partial charge in [0.25, 0.3) is 0 Å². The van der Waals surface area contributed by atoms with Crippen LogP contribution in [0.3, 0.4) is 0 Å². The topological polar surface area (TPSA) is 32.5 Å². The van der Waals surface area contributed by atoms with E-state index in [4.69, 9.17) is 5.73 Å². The van der Waals surface area contributed by atoms with E-state index in [-0.39, 0.29) is 0 Å². The van der Waals surface area contributed by atoms with Crippen LogP contribution in [0.25, 0.3) is 0 Å². The third kappa shape index (κ3) is 6.73. The Bertz CT molecular complexity index is 200. The van der Waals surface area contributed by atoms with Crippen LogP contribution in [-0.4, -0.2) is 55.1 Å². The van der Waals surface area contributed by atoms with Crippen molar-refractivity contribution in [3.05, 3.63) is 0 Å². The average molecular weight is 269 g/mol. The standard InChI is InChI=1S/C16H35N3/c1-3-5-6-7-8-11-18-12-14-19(15-13-18)16(4-2)9-10-17/h16H,3-15,17H2,1-2H3. The average Bonchev–Trinajstić information content (AvgIpc) is 2.45. The fourth-order valence-electron chi connectivity index (χ4n) is 3.13. The van der Waals surface area contributed by atoms with Crippen LogP contribution in [0.2, 0.25) is 0 Å². The van der Waals surface area contributed by atoms with E-state index in [1.807, 2.05) is 0 Å². The Kier molecular flexibility index (Phi) is 9.48. The van der Waals surface area contributed by atoms with Crippen molar-refractivity contribution in [1.82, 2.24) is 9.80 Å². The van der Waals surface area contributed by atoms with Crippen LogP contribution in [0.5, 0.6) is 0 Å². The van der Waals surface area contributed by atoms with Gasteiger partial charge in [0.1, 0.15) is 0 Å². The van der Waals surface area contributed by atoms with Gasteiger partial charge in [0.2, 0.25) is 0 Å². The van der Waals surface area contributed by atoms with Gasteiger partial charge in [-0.3, -0.25) is 4.90 Å². The summed E-state index contributed by atoms with van der Waals surface area (Å²) >= 11 is 0. The molecule has 1 atom stereocenters. The molecule has 1 unspecified atom stereocenters. The lowest BCUT2D eigenvalue weighted by molar-refractivity contribution is 0.0900. The van der Waals surface area contributed by atoms with Crippen molar-refractivity contribution in [2.24, 2.45) is 5.73 Å². The summed E-state index contributed by atoms with van der Waals surface area (Å²) in [6, 6.07) is 0.719. The minimum atomic E-state index is 0.719. The number of piperazine rings is 1. The zero-order valence-electron chi connectivity index (χ0n) is 13.2. The molecule has 0 bridgehead atoms. The fourth-order valence-corrected chi connectivity index (χ4v) is 3.13. The van der Waals surface area contributed by atoms with Gasteiger partial charge in [-0.05, 0) is 32.4 Å². The van der Waals surface area contributed by atoms with E-state index in [1.54, 1.807) is 0 Å². The molecule has 1 rings (SSSR count). The lowest BCUT2D eigenvalue weighted by Gasteiger charge is -2.39. The van der Waals surface area contributed by atoms with Gasteiger partial charge in [-0.15, -0.1) is 0 Å². The summed E-state index contributed by atoms with van der Waals surface area (Å²) in [5.74, 6) is 0. The van der Waals surface area contributed by atoms with Crippen LogP contribution >= 0.6 is 0 Å². The molecule has 0 aliphatic carbocycles. The van der Waals surface area contributed by atoms with Crippen molar-refractivity contribution >= 4 is 0 Å². The van der Waals surface area contributed by atoms with E-state index in [1.165, 1.54) is 71.2 Å². The Morgan fingerprint density at radius 1 is 0.947 bits per heavy atom. The molecule has 0 aromatic rings. The van der Waals surface area contributed by atoms with Crippen molar-refractivity contribution in [2.45, 2.75) is 64.8 Å². The molecule has 0 aromatic heterocycles. The van der Waals surface area contributed by atoms with Crippen molar-refractivity contribution in [3.8, 4) is 0 Å². The normalized spacial score (nSPS) is 19.7. The molecule has 2 N–H and O–H groups in total. The largest absolute Gasteiger partial charge is 0.330 e. The van der Waals surface area contributed by atoms with Gasteiger partial charge in [-0.1, -0.05) is 39.5 Å². The van der Waals surface area contributed by atoms with E-state index in [0.717, 1.165) is 19.0 Å². The molecule has 1 aliphatic heterocycles. The lowest BCUT2D eigenvalue weighted by atomic mass is 10.1. The Morgan fingerprint density at radius 2 is 1.63 bits per heavy atom. The summed E-state index contributed by atoms with van der Waals surface area (Å²) < 4.78 is 0. The van der Waals surface area contributed by atoms with E-state index in [2.05, 4.69) is 23.6 Å². The fraction of sp³-hybridized carbons (Fsp3) is 1.00. The van der Waals surface area contributed by atoms with Gasteiger partial charge < -0.3 is 10.6 Å². The third-order valence-electron chi connectivity index (χ3n) is 4.47. The van der Waals surface area contributed by atoms with Crippen molar-refractivity contribution < 1.29 is 0 Å². The zero-order chi connectivity index (χ0) is 13.9. The van der Waals surface area contributed by atoms with Gasteiger partial charge in [0.15, 0.2) is 0 Å². The number of nitrogens with zero attached hydrogens (tertiary/aromatic N) is 2. The van der Waals surface area contributed by atoms with E-state index >= 15 is 0 Å². The molecule has 0 radical (unpaired) electrons. The molecule has 0 amide bonds. The minimum absolute atomic E-state index is 0.719. The molecule has 114 valence electrons. The Morgan fingerprint density at radius 3 is 2.21 bits per heavy atom. The highest BCUT2D eigenvalue weighted by atomic mass is 15.3. The molecular formula is C16H35N3. The molecule has 1 saturated heterocycles. The highest BCUT2D eigenvalue weighted by molar-refractivity contribution is 4.78. The molecule has 19 heavy (non-hydrogen) atoms. The summed E-state index contributed by atoms with van der Waals surface area (Å²) in [5, 5.41) is 0. The maximum absolute atomic E-state index is 5.71. The zero-order valence-corrected chi connectivity index (χ0v) is 13.2. The van der Waals surface area contributed by atoms with E-state index in [0.29, 0.717) is 0 Å². The van der Waals surface area contributed by atoms with Gasteiger partial charge >= 0.3 is 0 Å². The first-order valence-electron chi connectivity index (χ1n) is 8.48. The predicted octanol–water partition coefficient (Wildman–Crippen LogP) is 2.70. The summed E-state index contributed by atoms with van der Waals surface area (Å²) in [5.41, 5.74) is 5.71. The Labute approximate surface area is 120 Å². The second kappa shape index (κ2) is 10.6. The molecule has 0 aromatic carbocycles. The highest BCUT2D eigenvalue weighted by Crippen LogP contribution is 2.13. The second-order valence-corrected chi connectivity index (χ2v) is 5.93. The van der Waals surface area contributed by atoms with Crippen LogP contribution < -0.4 is 5.73 Å². The van der Waals surface area contributed by atoms with Gasteiger partial charge in [0.05, 0.1) is 0 Å². The smallest absolute Gasteiger partial charge is 0.0113 e. The van der Waals surface area contributed by atoms with Gasteiger partial charge in [-0.25, -0.2) is 0 Å². The monoisotopic (exact) mass is 269 g/mol. The van der Waals surface area contributed by atoms with Crippen LogP contribution in [-0.2, 0) is 0 Å². The summed E-state index contributed by atoms with van der Waals surface area (Å²) in [4.78, 5) is 5.30. The summed E-state index contributed by atoms with van der Waals surface area (Å²) in [7, 11) is 0. The summed E-state index contributed by atoms with van der Waals surface area (Å²) in [6.07, 6.45) is 9.38. The van der Waals surface area contributed by atoms with Crippen LogP contribution in [0.15, 0.2) is 0 Å². The lowest BCUT2D eigenvalue weighted by Crippen LogP contribution is -2.50. The quantitative estimate of drug-likeness (QED) is 0.619. The molecule has 3 nitrogen and oxygen atoms in total. The minimum Gasteiger partial charge on any atom is -0.330 e. The second-order valence-electron chi connectivity index (χ2n) is 5.93.